The Morgan fingerprint density at radius 3 is 1.80 bits per heavy atom. The summed E-state index contributed by atoms with van der Waals surface area (Å²) in [5.74, 6) is 1.29. The van der Waals surface area contributed by atoms with Gasteiger partial charge in [0.2, 0.25) is 5.89 Å². The minimum absolute atomic E-state index is 0.406. The zero-order valence-corrected chi connectivity index (χ0v) is 29.0. The fraction of sp³-hybridized carbons (Fsp3) is 0.0200. The van der Waals surface area contributed by atoms with Crippen LogP contribution in [-0.2, 0) is 5.41 Å². The summed E-state index contributed by atoms with van der Waals surface area (Å²) in [4.78, 5) is 14.9. The van der Waals surface area contributed by atoms with E-state index in [2.05, 4.69) is 127 Å². The van der Waals surface area contributed by atoms with Gasteiger partial charge in [0, 0.05) is 28.3 Å². The van der Waals surface area contributed by atoms with Crippen molar-refractivity contribution in [1.29, 1.82) is 0 Å². The Balaban J connectivity index is 1.02. The predicted molar refractivity (Wildman–Crippen MR) is 217 cm³/mol. The number of hydrogen-bond acceptors (Lipinski definition) is 4. The van der Waals surface area contributed by atoms with E-state index in [4.69, 9.17) is 19.4 Å². The molecule has 0 unspecified atom stereocenters. The van der Waals surface area contributed by atoms with E-state index in [0.717, 1.165) is 55.0 Å². The van der Waals surface area contributed by atoms with Crippen LogP contribution in [0.1, 0.15) is 22.3 Å². The molecule has 0 saturated heterocycles. The summed E-state index contributed by atoms with van der Waals surface area (Å²) in [6, 6.07) is 60.7. The molecule has 4 heteroatoms. The van der Waals surface area contributed by atoms with E-state index in [1.54, 1.807) is 0 Å². The van der Waals surface area contributed by atoms with E-state index in [1.165, 1.54) is 44.5 Å². The molecule has 2 aromatic heterocycles. The molecule has 0 fully saturated rings. The molecule has 0 saturated carbocycles. The Hall–Kier alpha value is -7.17. The van der Waals surface area contributed by atoms with Crippen molar-refractivity contribution in [2.24, 2.45) is 0 Å². The lowest BCUT2D eigenvalue weighted by Gasteiger charge is -2.30. The quantitative estimate of drug-likeness (QED) is 0.174. The van der Waals surface area contributed by atoms with Gasteiger partial charge < -0.3 is 4.42 Å². The first-order valence-electron chi connectivity index (χ1n) is 18.3. The van der Waals surface area contributed by atoms with E-state index in [-0.39, 0.29) is 0 Å². The van der Waals surface area contributed by atoms with Crippen molar-refractivity contribution in [2.45, 2.75) is 5.41 Å². The van der Waals surface area contributed by atoms with Crippen molar-refractivity contribution in [2.75, 3.05) is 0 Å². The molecule has 10 aromatic rings. The second kappa shape index (κ2) is 10.9. The molecule has 2 aliphatic carbocycles. The summed E-state index contributed by atoms with van der Waals surface area (Å²) in [5, 5.41) is 4.34. The Morgan fingerprint density at radius 2 is 1.06 bits per heavy atom. The first-order chi connectivity index (χ1) is 26.8. The van der Waals surface area contributed by atoms with Gasteiger partial charge in [-0.1, -0.05) is 133 Å². The molecule has 1 spiro atoms. The second-order valence-electron chi connectivity index (χ2n) is 14.3. The van der Waals surface area contributed by atoms with Gasteiger partial charge in [-0.3, -0.25) is 0 Å². The molecule has 2 heterocycles. The van der Waals surface area contributed by atoms with Gasteiger partial charge in [-0.2, -0.15) is 0 Å². The second-order valence-corrected chi connectivity index (χ2v) is 14.3. The maximum Gasteiger partial charge on any atom is 0.227 e. The van der Waals surface area contributed by atoms with Crippen molar-refractivity contribution in [1.82, 2.24) is 15.0 Å². The Morgan fingerprint density at radius 1 is 0.444 bits per heavy atom. The minimum Gasteiger partial charge on any atom is -0.435 e. The van der Waals surface area contributed by atoms with Crippen LogP contribution < -0.4 is 0 Å². The van der Waals surface area contributed by atoms with Crippen molar-refractivity contribution < 1.29 is 4.42 Å². The van der Waals surface area contributed by atoms with Crippen LogP contribution in [0.15, 0.2) is 180 Å². The van der Waals surface area contributed by atoms with Crippen LogP contribution in [0.3, 0.4) is 0 Å². The van der Waals surface area contributed by atoms with Crippen LogP contribution in [-0.4, -0.2) is 15.0 Å². The van der Waals surface area contributed by atoms with E-state index in [9.17, 15) is 0 Å². The maximum absolute atomic E-state index is 6.50. The van der Waals surface area contributed by atoms with E-state index in [0.29, 0.717) is 11.7 Å². The summed E-state index contributed by atoms with van der Waals surface area (Å²) in [6.45, 7) is 0. The first kappa shape index (κ1) is 29.4. The average molecular weight is 688 g/mol. The third kappa shape index (κ3) is 3.94. The molecule has 2 aliphatic rings. The van der Waals surface area contributed by atoms with Crippen LogP contribution in [0.5, 0.6) is 0 Å². The van der Waals surface area contributed by atoms with Gasteiger partial charge in [-0.05, 0) is 97.1 Å². The maximum atomic E-state index is 6.50. The summed E-state index contributed by atoms with van der Waals surface area (Å²) in [5.41, 5.74) is 15.5. The summed E-state index contributed by atoms with van der Waals surface area (Å²) in [6.07, 6.45) is 1.88. The van der Waals surface area contributed by atoms with Gasteiger partial charge in [-0.15, -0.1) is 0 Å². The van der Waals surface area contributed by atoms with Crippen LogP contribution in [0.2, 0.25) is 0 Å². The third-order valence-electron chi connectivity index (χ3n) is 11.6. The monoisotopic (exact) mass is 687 g/mol. The molecule has 250 valence electrons. The molecule has 0 atom stereocenters. The largest absolute Gasteiger partial charge is 0.435 e. The normalized spacial score (nSPS) is 13.3. The summed E-state index contributed by atoms with van der Waals surface area (Å²) in [7, 11) is 0. The molecule has 0 N–H and O–H groups in total. The molecular formula is C50H29N3O. The van der Waals surface area contributed by atoms with E-state index in [1.807, 2.05) is 48.7 Å². The van der Waals surface area contributed by atoms with Gasteiger partial charge in [0.15, 0.2) is 11.4 Å². The number of rotatable bonds is 3. The Bertz CT molecular complexity index is 3110. The smallest absolute Gasteiger partial charge is 0.227 e. The van der Waals surface area contributed by atoms with Crippen molar-refractivity contribution in [3.8, 4) is 56.4 Å². The Labute approximate surface area is 311 Å². The van der Waals surface area contributed by atoms with Crippen molar-refractivity contribution >= 4 is 32.6 Å². The fourth-order valence-electron chi connectivity index (χ4n) is 9.28. The summed E-state index contributed by atoms with van der Waals surface area (Å²) >= 11 is 0. The van der Waals surface area contributed by atoms with Crippen LogP contribution >= 0.6 is 0 Å². The van der Waals surface area contributed by atoms with Gasteiger partial charge in [0.05, 0.1) is 11.1 Å². The van der Waals surface area contributed by atoms with E-state index >= 15 is 0 Å². The molecular weight excluding hydrogens is 659 g/mol. The zero-order chi connectivity index (χ0) is 35.4. The number of oxazole rings is 1. The average Bonchev–Trinajstić information content (AvgIpc) is 3.91. The fourth-order valence-corrected chi connectivity index (χ4v) is 9.28. The topological polar surface area (TPSA) is 51.8 Å². The van der Waals surface area contributed by atoms with Crippen molar-refractivity contribution in [3.05, 3.63) is 198 Å². The molecule has 4 nitrogen and oxygen atoms in total. The van der Waals surface area contributed by atoms with Gasteiger partial charge in [-0.25, -0.2) is 15.0 Å². The molecule has 0 amide bonds. The molecule has 0 aliphatic heterocycles. The molecule has 8 aromatic carbocycles. The first-order valence-corrected chi connectivity index (χ1v) is 18.3. The SMILES string of the molecule is c1ccc(-c2nc3ccc4ccc5ccc(-c6nccc(-c7ccc8c(c7)C7(c9ccccc9-c9ccccc97)c7ccccc7-8)n6)cc5c4c3o2)cc1. The van der Waals surface area contributed by atoms with Gasteiger partial charge >= 0.3 is 0 Å². The summed E-state index contributed by atoms with van der Waals surface area (Å²) < 4.78 is 6.50. The Kier molecular flexibility index (Phi) is 5.95. The number of benzene rings is 8. The van der Waals surface area contributed by atoms with Crippen LogP contribution in [0.25, 0.3) is 89.0 Å². The lowest BCUT2D eigenvalue weighted by atomic mass is 9.70. The number of hydrogen-bond donors (Lipinski definition) is 0. The van der Waals surface area contributed by atoms with Gasteiger partial charge in [0.1, 0.15) is 5.52 Å². The minimum atomic E-state index is -0.406. The number of aromatic nitrogens is 3. The number of fused-ring (bicyclic) bond motifs is 15. The van der Waals surface area contributed by atoms with Crippen molar-refractivity contribution in [3.63, 3.8) is 0 Å². The number of nitrogens with zero attached hydrogens (tertiary/aromatic N) is 3. The highest BCUT2D eigenvalue weighted by Crippen LogP contribution is 2.63. The molecule has 12 rings (SSSR count). The molecule has 54 heavy (non-hydrogen) atoms. The lowest BCUT2D eigenvalue weighted by molar-refractivity contribution is 0.623. The molecule has 0 bridgehead atoms. The predicted octanol–water partition coefficient (Wildman–Crippen LogP) is 12.3. The highest BCUT2D eigenvalue weighted by molar-refractivity contribution is 6.18. The highest BCUT2D eigenvalue weighted by Gasteiger charge is 2.51. The van der Waals surface area contributed by atoms with Crippen LogP contribution in [0, 0.1) is 0 Å². The standard InChI is InChI=1S/C50H29N3O/c1-2-10-32(11-3-1)49-53-45-25-23-31-20-18-30-19-21-34(28-39(30)46(31)47(45)54-49)48-51-27-26-44(52-48)33-22-24-38-37-14-6-9-17-42(37)50(43(38)29-33)40-15-7-4-12-35(40)36-13-5-8-16-41(36)50/h1-29H. The zero-order valence-electron chi connectivity index (χ0n) is 29.0. The lowest BCUT2D eigenvalue weighted by Crippen LogP contribution is -2.25. The van der Waals surface area contributed by atoms with Gasteiger partial charge in [0.25, 0.3) is 0 Å². The van der Waals surface area contributed by atoms with E-state index < -0.39 is 5.41 Å². The highest BCUT2D eigenvalue weighted by atomic mass is 16.3. The molecule has 0 radical (unpaired) electrons. The van der Waals surface area contributed by atoms with Crippen LogP contribution in [0.4, 0.5) is 0 Å². The third-order valence-corrected chi connectivity index (χ3v) is 11.6.